The second-order valence-electron chi connectivity index (χ2n) is 3.75. The van der Waals surface area contributed by atoms with E-state index >= 15 is 0 Å². The van der Waals surface area contributed by atoms with Gasteiger partial charge in [-0.1, -0.05) is 11.6 Å². The molecule has 7 heteroatoms. The van der Waals surface area contributed by atoms with Gasteiger partial charge in [0.05, 0.1) is 5.69 Å². The molecule has 0 bridgehead atoms. The van der Waals surface area contributed by atoms with Gasteiger partial charge in [0, 0.05) is 11.8 Å². The quantitative estimate of drug-likeness (QED) is 0.614. The van der Waals surface area contributed by atoms with Gasteiger partial charge >= 0.3 is 0 Å². The zero-order valence-electron chi connectivity index (χ0n) is 9.29. The zero-order valence-corrected chi connectivity index (χ0v) is 10.0. The van der Waals surface area contributed by atoms with Crippen LogP contribution in [0.4, 0.5) is 0 Å². The van der Waals surface area contributed by atoms with Crippen molar-refractivity contribution < 1.29 is 0 Å². The normalized spacial score (nSPS) is 11.2. The van der Waals surface area contributed by atoms with Crippen molar-refractivity contribution in [3.05, 3.63) is 35.0 Å². The molecule has 0 saturated heterocycles. The van der Waals surface area contributed by atoms with Crippen molar-refractivity contribution in [3.63, 3.8) is 0 Å². The molecule has 0 amide bonds. The maximum atomic E-state index is 5.96. The fraction of sp³-hybridized carbons (Fsp3) is 0.200. The molecule has 0 spiro atoms. The number of aryl methyl sites for hydroxylation is 2. The smallest absolute Gasteiger partial charge is 0.219 e. The number of halogens is 1. The van der Waals surface area contributed by atoms with Gasteiger partial charge in [0.1, 0.15) is 11.5 Å². The molecule has 3 heterocycles. The molecule has 3 rings (SSSR count). The molecule has 0 saturated carbocycles. The Labute approximate surface area is 102 Å². The van der Waals surface area contributed by atoms with Crippen LogP contribution < -0.4 is 0 Å². The Morgan fingerprint density at radius 2 is 2.06 bits per heavy atom. The number of nitrogens with zero attached hydrogens (tertiary/aromatic N) is 6. The Kier molecular flexibility index (Phi) is 2.12. The number of rotatable bonds is 1. The summed E-state index contributed by atoms with van der Waals surface area (Å²) in [6, 6.07) is 3.69. The summed E-state index contributed by atoms with van der Waals surface area (Å²) in [5, 5.41) is 8.87. The lowest BCUT2D eigenvalue weighted by molar-refractivity contribution is 0.755. The minimum atomic E-state index is 0.369. The van der Waals surface area contributed by atoms with Crippen molar-refractivity contribution in [2.45, 2.75) is 13.8 Å². The van der Waals surface area contributed by atoms with Gasteiger partial charge < -0.3 is 0 Å². The van der Waals surface area contributed by atoms with Crippen molar-refractivity contribution in [2.24, 2.45) is 0 Å². The minimum absolute atomic E-state index is 0.369. The number of hydrogen-bond acceptors (Lipinski definition) is 4. The van der Waals surface area contributed by atoms with Crippen molar-refractivity contribution in [3.8, 4) is 5.82 Å². The molecule has 0 aliphatic heterocycles. The highest BCUT2D eigenvalue weighted by Gasteiger charge is 2.11. The maximum absolute atomic E-state index is 5.96. The summed E-state index contributed by atoms with van der Waals surface area (Å²) in [6.45, 7) is 3.90. The summed E-state index contributed by atoms with van der Waals surface area (Å²) in [5.74, 6) is 1.18. The van der Waals surface area contributed by atoms with Crippen LogP contribution in [0.1, 0.15) is 11.4 Å². The van der Waals surface area contributed by atoms with Gasteiger partial charge in [-0.25, -0.2) is 4.68 Å². The van der Waals surface area contributed by atoms with Crippen LogP contribution in [0.2, 0.25) is 5.15 Å². The van der Waals surface area contributed by atoms with Crippen LogP contribution in [0.3, 0.4) is 0 Å². The predicted molar refractivity (Wildman–Crippen MR) is 62.4 cm³/mol. The highest BCUT2D eigenvalue weighted by Crippen LogP contribution is 2.16. The number of hydrogen-bond donors (Lipinski definition) is 0. The first kappa shape index (κ1) is 10.2. The van der Waals surface area contributed by atoms with E-state index in [0.717, 1.165) is 17.2 Å². The van der Waals surface area contributed by atoms with Gasteiger partial charge in [0.15, 0.2) is 5.82 Å². The molecule has 0 unspecified atom stereocenters. The first-order valence-electron chi connectivity index (χ1n) is 5.05. The van der Waals surface area contributed by atoms with E-state index in [2.05, 4.69) is 20.2 Å². The van der Waals surface area contributed by atoms with Gasteiger partial charge in [-0.05, 0) is 19.9 Å². The third-order valence-electron chi connectivity index (χ3n) is 2.43. The van der Waals surface area contributed by atoms with Crippen LogP contribution >= 0.6 is 11.6 Å². The fourth-order valence-electron chi connectivity index (χ4n) is 1.78. The Morgan fingerprint density at radius 3 is 2.76 bits per heavy atom. The van der Waals surface area contributed by atoms with Gasteiger partial charge in [-0.15, -0.1) is 0 Å². The summed E-state index contributed by atoms with van der Waals surface area (Å²) in [6.07, 6.45) is 1.44. The maximum Gasteiger partial charge on any atom is 0.255 e. The summed E-state index contributed by atoms with van der Waals surface area (Å²) < 4.78 is 3.37. The lowest BCUT2D eigenvalue weighted by Gasteiger charge is -2.06. The van der Waals surface area contributed by atoms with Crippen molar-refractivity contribution in [1.82, 2.24) is 29.4 Å². The average molecular weight is 249 g/mol. The zero-order chi connectivity index (χ0) is 12.0. The van der Waals surface area contributed by atoms with E-state index in [0.29, 0.717) is 10.9 Å². The number of fused-ring (bicyclic) bond motifs is 1. The van der Waals surface area contributed by atoms with E-state index in [1.165, 1.54) is 6.33 Å². The van der Waals surface area contributed by atoms with E-state index in [9.17, 15) is 0 Å². The average Bonchev–Trinajstić information content (AvgIpc) is 2.83. The van der Waals surface area contributed by atoms with Crippen LogP contribution in [0, 0.1) is 13.8 Å². The molecule has 0 aromatic carbocycles. The molecule has 0 radical (unpaired) electrons. The Hall–Kier alpha value is -1.95. The second-order valence-corrected chi connectivity index (χ2v) is 4.14. The fourth-order valence-corrected chi connectivity index (χ4v) is 1.95. The Balaban J connectivity index is 2.36. The molecule has 3 aromatic heterocycles. The highest BCUT2D eigenvalue weighted by molar-refractivity contribution is 6.29. The Morgan fingerprint density at radius 1 is 1.24 bits per heavy atom. The van der Waals surface area contributed by atoms with Crippen molar-refractivity contribution in [1.29, 1.82) is 0 Å². The molecule has 0 aliphatic carbocycles. The first-order valence-corrected chi connectivity index (χ1v) is 5.43. The molecular formula is C10H9ClN6. The summed E-state index contributed by atoms with van der Waals surface area (Å²) in [7, 11) is 0. The monoisotopic (exact) mass is 248 g/mol. The predicted octanol–water partition coefficient (Wildman–Crippen LogP) is 1.58. The minimum Gasteiger partial charge on any atom is -0.219 e. The third kappa shape index (κ3) is 1.57. The topological polar surface area (TPSA) is 60.9 Å². The molecular weight excluding hydrogens is 240 g/mol. The van der Waals surface area contributed by atoms with E-state index < -0.39 is 0 Å². The lowest BCUT2D eigenvalue weighted by atomic mass is 10.4. The molecule has 0 N–H and O–H groups in total. The third-order valence-corrected chi connectivity index (χ3v) is 2.62. The Bertz CT molecular complexity index is 698. The van der Waals surface area contributed by atoms with Crippen molar-refractivity contribution >= 4 is 17.4 Å². The molecule has 17 heavy (non-hydrogen) atoms. The van der Waals surface area contributed by atoms with Crippen LogP contribution in [0.5, 0.6) is 0 Å². The van der Waals surface area contributed by atoms with E-state index in [1.807, 2.05) is 19.9 Å². The summed E-state index contributed by atoms with van der Waals surface area (Å²) in [4.78, 5) is 8.09. The molecule has 86 valence electrons. The molecule has 6 nitrogen and oxygen atoms in total. The second kappa shape index (κ2) is 3.53. The van der Waals surface area contributed by atoms with Crippen LogP contribution in [-0.4, -0.2) is 29.4 Å². The van der Waals surface area contributed by atoms with Crippen LogP contribution in [0.15, 0.2) is 18.5 Å². The highest BCUT2D eigenvalue weighted by atomic mass is 35.5. The molecule has 0 aliphatic rings. The van der Waals surface area contributed by atoms with E-state index in [4.69, 9.17) is 11.6 Å². The van der Waals surface area contributed by atoms with E-state index in [1.54, 1.807) is 15.3 Å². The lowest BCUT2D eigenvalue weighted by Crippen LogP contribution is -2.07. The van der Waals surface area contributed by atoms with Gasteiger partial charge in [0.25, 0.3) is 5.78 Å². The van der Waals surface area contributed by atoms with Gasteiger partial charge in [-0.2, -0.15) is 24.7 Å². The molecule has 3 aromatic rings. The van der Waals surface area contributed by atoms with Crippen molar-refractivity contribution in [2.75, 3.05) is 0 Å². The van der Waals surface area contributed by atoms with Crippen LogP contribution in [-0.2, 0) is 0 Å². The molecule has 0 atom stereocenters. The first-order chi connectivity index (χ1) is 8.15. The number of aromatic nitrogens is 6. The van der Waals surface area contributed by atoms with Gasteiger partial charge in [-0.3, -0.25) is 0 Å². The van der Waals surface area contributed by atoms with Gasteiger partial charge in [0.2, 0.25) is 0 Å². The largest absolute Gasteiger partial charge is 0.255 e. The van der Waals surface area contributed by atoms with E-state index in [-0.39, 0.29) is 0 Å². The van der Waals surface area contributed by atoms with Crippen LogP contribution in [0.25, 0.3) is 11.6 Å². The SMILES string of the molecule is Cc1cc(C)n(-c2cc(Cl)nc3ncnn23)n1. The summed E-state index contributed by atoms with van der Waals surface area (Å²) in [5.41, 5.74) is 1.94. The molecule has 0 fully saturated rings. The summed E-state index contributed by atoms with van der Waals surface area (Å²) >= 11 is 5.96. The standard InChI is InChI=1S/C10H9ClN6/c1-6-3-7(2)16(15-6)9-4-8(11)14-10-12-5-13-17(9)10/h3-5H,1-2H3.